The molecule has 0 heterocycles. The zero-order valence-corrected chi connectivity index (χ0v) is 9.07. The molecule has 1 aromatic carbocycles. The van der Waals surface area contributed by atoms with Gasteiger partial charge in [-0.15, -0.1) is 0 Å². The predicted octanol–water partition coefficient (Wildman–Crippen LogP) is 0.443. The summed E-state index contributed by atoms with van der Waals surface area (Å²) in [5.74, 6) is -0.397. The smallest absolute Gasteiger partial charge is 0.255 e. The number of nitrogens with one attached hydrogen (secondary N) is 1. The third kappa shape index (κ3) is 3.43. The number of rotatable bonds is 5. The van der Waals surface area contributed by atoms with Gasteiger partial charge in [-0.2, -0.15) is 0 Å². The van der Waals surface area contributed by atoms with Gasteiger partial charge in [-0.05, 0) is 31.5 Å². The first-order valence-electron chi connectivity index (χ1n) is 5.22. The lowest BCUT2D eigenvalue weighted by Gasteiger charge is -2.06. The van der Waals surface area contributed by atoms with E-state index in [2.05, 4.69) is 5.32 Å². The molecular formula is C11H17N3O2. The topological polar surface area (TPSA) is 101 Å². The van der Waals surface area contributed by atoms with Gasteiger partial charge in [0.25, 0.3) is 5.91 Å². The van der Waals surface area contributed by atoms with Crippen LogP contribution in [0.5, 0.6) is 5.75 Å². The van der Waals surface area contributed by atoms with Crippen molar-refractivity contribution in [1.29, 1.82) is 0 Å². The second-order valence-electron chi connectivity index (χ2n) is 3.53. The van der Waals surface area contributed by atoms with Crippen LogP contribution in [0.2, 0.25) is 0 Å². The van der Waals surface area contributed by atoms with Gasteiger partial charge in [0.15, 0.2) is 0 Å². The molecule has 1 rings (SSSR count). The number of unbranched alkanes of at least 4 members (excludes halogenated alkanes) is 1. The number of hydrogen-bond acceptors (Lipinski definition) is 4. The van der Waals surface area contributed by atoms with E-state index in [1.807, 2.05) is 0 Å². The van der Waals surface area contributed by atoms with E-state index in [1.54, 1.807) is 6.07 Å². The molecule has 0 aliphatic carbocycles. The van der Waals surface area contributed by atoms with E-state index < -0.39 is 0 Å². The molecule has 1 amide bonds. The Labute approximate surface area is 94.4 Å². The average molecular weight is 223 g/mol. The van der Waals surface area contributed by atoms with Gasteiger partial charge in [-0.3, -0.25) is 4.79 Å². The molecule has 5 nitrogen and oxygen atoms in total. The minimum Gasteiger partial charge on any atom is -0.507 e. The van der Waals surface area contributed by atoms with Crippen molar-refractivity contribution in [3.8, 4) is 5.75 Å². The van der Waals surface area contributed by atoms with Gasteiger partial charge >= 0.3 is 0 Å². The maximum atomic E-state index is 11.6. The Morgan fingerprint density at radius 3 is 2.75 bits per heavy atom. The number of phenols is 1. The number of benzene rings is 1. The lowest BCUT2D eigenvalue weighted by atomic mass is 10.1. The minimum absolute atomic E-state index is 0.101. The van der Waals surface area contributed by atoms with Crippen molar-refractivity contribution in [3.05, 3.63) is 23.8 Å². The third-order valence-corrected chi connectivity index (χ3v) is 2.18. The SMILES string of the molecule is NCCCCNC(=O)c1ccc(N)cc1O. The first kappa shape index (κ1) is 12.3. The molecule has 0 fully saturated rings. The molecule has 6 N–H and O–H groups in total. The number of aromatic hydroxyl groups is 1. The standard InChI is InChI=1S/C11H17N3O2/c12-5-1-2-6-14-11(16)9-4-3-8(13)7-10(9)15/h3-4,7,15H,1-2,5-6,12-13H2,(H,14,16). The third-order valence-electron chi connectivity index (χ3n) is 2.18. The highest BCUT2D eigenvalue weighted by Gasteiger charge is 2.09. The van der Waals surface area contributed by atoms with Gasteiger partial charge in [0.2, 0.25) is 0 Å². The predicted molar refractivity (Wildman–Crippen MR) is 63.1 cm³/mol. The number of carbonyl (C=O) groups excluding carboxylic acids is 1. The molecule has 0 aliphatic rings. The molecule has 0 atom stereocenters. The van der Waals surface area contributed by atoms with E-state index >= 15 is 0 Å². The van der Waals surface area contributed by atoms with Crippen LogP contribution < -0.4 is 16.8 Å². The van der Waals surface area contributed by atoms with Crippen LogP contribution in [0.1, 0.15) is 23.2 Å². The monoisotopic (exact) mass is 223 g/mol. The van der Waals surface area contributed by atoms with Gasteiger partial charge < -0.3 is 21.9 Å². The van der Waals surface area contributed by atoms with Gasteiger partial charge in [0.05, 0.1) is 5.56 Å². The Morgan fingerprint density at radius 2 is 2.12 bits per heavy atom. The summed E-state index contributed by atoms with van der Waals surface area (Å²) >= 11 is 0. The highest BCUT2D eigenvalue weighted by atomic mass is 16.3. The van der Waals surface area contributed by atoms with Crippen molar-refractivity contribution in [1.82, 2.24) is 5.32 Å². The van der Waals surface area contributed by atoms with E-state index in [1.165, 1.54) is 12.1 Å². The highest BCUT2D eigenvalue weighted by molar-refractivity contribution is 5.97. The van der Waals surface area contributed by atoms with Crippen LogP contribution in [0.3, 0.4) is 0 Å². The van der Waals surface area contributed by atoms with E-state index in [0.717, 1.165) is 12.8 Å². The van der Waals surface area contributed by atoms with Gasteiger partial charge in [0.1, 0.15) is 5.75 Å². The molecule has 0 aliphatic heterocycles. The Bertz CT molecular complexity index is 366. The first-order chi connectivity index (χ1) is 7.65. The van der Waals surface area contributed by atoms with Crippen LogP contribution in [-0.4, -0.2) is 24.1 Å². The minimum atomic E-state index is -0.297. The largest absolute Gasteiger partial charge is 0.507 e. The second kappa shape index (κ2) is 5.97. The summed E-state index contributed by atoms with van der Waals surface area (Å²) in [5.41, 5.74) is 11.5. The molecule has 16 heavy (non-hydrogen) atoms. The maximum Gasteiger partial charge on any atom is 0.255 e. The number of carbonyl (C=O) groups is 1. The van der Waals surface area contributed by atoms with E-state index in [4.69, 9.17) is 11.5 Å². The number of nitrogens with two attached hydrogens (primary N) is 2. The molecule has 0 bridgehead atoms. The number of amides is 1. The number of nitrogen functional groups attached to an aromatic ring is 1. The number of anilines is 1. The Morgan fingerprint density at radius 1 is 1.38 bits per heavy atom. The summed E-state index contributed by atoms with van der Waals surface area (Å²) in [6.45, 7) is 1.17. The average Bonchev–Trinajstić information content (AvgIpc) is 2.24. The summed E-state index contributed by atoms with van der Waals surface area (Å²) in [5, 5.41) is 12.2. The second-order valence-corrected chi connectivity index (χ2v) is 3.53. The van der Waals surface area contributed by atoms with Crippen LogP contribution in [-0.2, 0) is 0 Å². The summed E-state index contributed by atoms with van der Waals surface area (Å²) in [6, 6.07) is 4.44. The summed E-state index contributed by atoms with van der Waals surface area (Å²) < 4.78 is 0. The fourth-order valence-corrected chi connectivity index (χ4v) is 1.31. The Kier molecular flexibility index (Phi) is 4.60. The van der Waals surface area contributed by atoms with Crippen molar-refractivity contribution in [2.24, 2.45) is 5.73 Å². The van der Waals surface area contributed by atoms with E-state index in [9.17, 15) is 9.90 Å². The Hall–Kier alpha value is -1.75. The first-order valence-corrected chi connectivity index (χ1v) is 5.22. The molecular weight excluding hydrogens is 206 g/mol. The summed E-state index contributed by atoms with van der Waals surface area (Å²) in [7, 11) is 0. The summed E-state index contributed by atoms with van der Waals surface area (Å²) in [6.07, 6.45) is 1.70. The molecule has 0 saturated heterocycles. The molecule has 0 unspecified atom stereocenters. The molecule has 0 aromatic heterocycles. The maximum absolute atomic E-state index is 11.6. The normalized spacial score (nSPS) is 10.1. The van der Waals surface area contributed by atoms with Crippen molar-refractivity contribution in [2.75, 3.05) is 18.8 Å². The number of hydrogen-bond donors (Lipinski definition) is 4. The van der Waals surface area contributed by atoms with Crippen molar-refractivity contribution in [2.45, 2.75) is 12.8 Å². The van der Waals surface area contributed by atoms with Crippen LogP contribution in [0.25, 0.3) is 0 Å². The van der Waals surface area contributed by atoms with E-state index in [-0.39, 0.29) is 17.2 Å². The molecule has 5 heteroatoms. The molecule has 0 saturated carbocycles. The lowest BCUT2D eigenvalue weighted by molar-refractivity contribution is 0.0950. The van der Waals surface area contributed by atoms with Crippen molar-refractivity contribution >= 4 is 11.6 Å². The lowest BCUT2D eigenvalue weighted by Crippen LogP contribution is -2.24. The van der Waals surface area contributed by atoms with Gasteiger partial charge in [-0.1, -0.05) is 0 Å². The fourth-order valence-electron chi connectivity index (χ4n) is 1.31. The molecule has 0 spiro atoms. The Balaban J connectivity index is 2.53. The van der Waals surface area contributed by atoms with Crippen molar-refractivity contribution in [3.63, 3.8) is 0 Å². The van der Waals surface area contributed by atoms with Crippen LogP contribution in [0.4, 0.5) is 5.69 Å². The van der Waals surface area contributed by atoms with Gasteiger partial charge in [-0.25, -0.2) is 0 Å². The zero-order valence-electron chi connectivity index (χ0n) is 9.07. The van der Waals surface area contributed by atoms with E-state index in [0.29, 0.717) is 18.8 Å². The molecule has 0 radical (unpaired) electrons. The number of phenolic OH excluding ortho intramolecular Hbond substituents is 1. The quantitative estimate of drug-likeness (QED) is 0.430. The molecule has 1 aromatic rings. The highest BCUT2D eigenvalue weighted by Crippen LogP contribution is 2.19. The van der Waals surface area contributed by atoms with Gasteiger partial charge in [0, 0.05) is 18.3 Å². The van der Waals surface area contributed by atoms with Crippen molar-refractivity contribution < 1.29 is 9.90 Å². The fraction of sp³-hybridized carbons (Fsp3) is 0.364. The van der Waals surface area contributed by atoms with Crippen LogP contribution in [0.15, 0.2) is 18.2 Å². The molecule has 88 valence electrons. The van der Waals surface area contributed by atoms with Crippen LogP contribution in [0, 0.1) is 0 Å². The zero-order chi connectivity index (χ0) is 12.0. The summed E-state index contributed by atoms with van der Waals surface area (Å²) in [4.78, 5) is 11.6. The van der Waals surface area contributed by atoms with Crippen LogP contribution >= 0.6 is 0 Å².